The Morgan fingerprint density at radius 3 is 2.72 bits per heavy atom. The van der Waals surface area contributed by atoms with Crippen molar-refractivity contribution in [1.82, 2.24) is 9.97 Å². The number of fused-ring (bicyclic) bond motifs is 3. The smallest absolute Gasteiger partial charge is 0.125 e. The van der Waals surface area contributed by atoms with Crippen LogP contribution in [0.5, 0.6) is 0 Å². The highest BCUT2D eigenvalue weighted by molar-refractivity contribution is 7.13. The van der Waals surface area contributed by atoms with Gasteiger partial charge in [-0.15, -0.1) is 11.3 Å². The quantitative estimate of drug-likeness (QED) is 0.531. The average Bonchev–Trinajstić information content (AvgIpc) is 3.05. The molecular formula is C15H10N2S. The Labute approximate surface area is 108 Å². The second-order valence-electron chi connectivity index (χ2n) is 4.24. The van der Waals surface area contributed by atoms with Crippen molar-refractivity contribution in [3.63, 3.8) is 0 Å². The van der Waals surface area contributed by atoms with E-state index in [4.69, 9.17) is 0 Å². The van der Waals surface area contributed by atoms with E-state index >= 15 is 0 Å². The molecule has 86 valence electrons. The average molecular weight is 250 g/mol. The highest BCUT2D eigenvalue weighted by atomic mass is 32.1. The monoisotopic (exact) mass is 250 g/mol. The maximum atomic E-state index is 4.41. The number of nitrogens with one attached hydrogen (secondary N) is 1. The third-order valence-corrected chi connectivity index (χ3v) is 4.01. The molecule has 2 aromatic heterocycles. The molecule has 1 N–H and O–H groups in total. The summed E-state index contributed by atoms with van der Waals surface area (Å²) >= 11 is 1.67. The zero-order chi connectivity index (χ0) is 11.9. The zero-order valence-corrected chi connectivity index (χ0v) is 10.4. The van der Waals surface area contributed by atoms with E-state index < -0.39 is 0 Å². The Bertz CT molecular complexity index is 828. The number of thiazole rings is 1. The summed E-state index contributed by atoms with van der Waals surface area (Å²) in [5.74, 6) is 0. The van der Waals surface area contributed by atoms with Crippen LogP contribution in [-0.2, 0) is 0 Å². The molecule has 2 heterocycles. The molecule has 2 nitrogen and oxygen atoms in total. The minimum Gasteiger partial charge on any atom is -0.354 e. The van der Waals surface area contributed by atoms with E-state index in [-0.39, 0.29) is 0 Å². The minimum absolute atomic E-state index is 1.06. The second-order valence-corrected chi connectivity index (χ2v) is 5.13. The van der Waals surface area contributed by atoms with E-state index in [1.54, 1.807) is 11.3 Å². The molecule has 0 unspecified atom stereocenters. The summed E-state index contributed by atoms with van der Waals surface area (Å²) in [5, 5.41) is 5.60. The summed E-state index contributed by atoms with van der Waals surface area (Å²) in [6.07, 6.45) is 1.85. The van der Waals surface area contributed by atoms with E-state index in [2.05, 4.69) is 52.4 Å². The molecule has 0 atom stereocenters. The number of para-hydroxylation sites is 2. The number of hydrogen-bond acceptors (Lipinski definition) is 2. The fourth-order valence-corrected chi connectivity index (χ4v) is 3.08. The molecule has 0 saturated carbocycles. The number of aromatic nitrogens is 2. The molecule has 4 aromatic rings. The van der Waals surface area contributed by atoms with Crippen molar-refractivity contribution < 1.29 is 0 Å². The van der Waals surface area contributed by atoms with Crippen LogP contribution in [0.25, 0.3) is 32.4 Å². The van der Waals surface area contributed by atoms with Gasteiger partial charge < -0.3 is 4.98 Å². The van der Waals surface area contributed by atoms with E-state index in [1.165, 1.54) is 27.4 Å². The van der Waals surface area contributed by atoms with Gasteiger partial charge in [0, 0.05) is 33.4 Å². The van der Waals surface area contributed by atoms with E-state index in [1.807, 2.05) is 11.6 Å². The van der Waals surface area contributed by atoms with Gasteiger partial charge >= 0.3 is 0 Å². The number of nitrogens with zero attached hydrogens (tertiary/aromatic N) is 1. The first-order valence-electron chi connectivity index (χ1n) is 5.83. The fraction of sp³-hybridized carbons (Fsp3) is 0. The first kappa shape index (κ1) is 9.85. The van der Waals surface area contributed by atoms with Crippen LogP contribution in [0.15, 0.2) is 54.0 Å². The molecule has 18 heavy (non-hydrogen) atoms. The number of rotatable bonds is 1. The molecule has 0 fully saturated rings. The molecule has 4 rings (SSSR count). The standard InChI is InChI=1S/C15H10N2S/c1-2-7-13-10(4-1)11-5-3-6-12(14(11)17-13)15-16-8-9-18-15/h1-9,17H. The Morgan fingerprint density at radius 1 is 0.944 bits per heavy atom. The predicted octanol–water partition coefficient (Wildman–Crippen LogP) is 4.44. The van der Waals surface area contributed by atoms with Crippen LogP contribution in [0.2, 0.25) is 0 Å². The molecule has 0 radical (unpaired) electrons. The Hall–Kier alpha value is -2.13. The van der Waals surface area contributed by atoms with Crippen LogP contribution in [0.1, 0.15) is 0 Å². The number of hydrogen-bond donors (Lipinski definition) is 1. The predicted molar refractivity (Wildman–Crippen MR) is 76.9 cm³/mol. The van der Waals surface area contributed by atoms with E-state index in [0.29, 0.717) is 0 Å². The lowest BCUT2D eigenvalue weighted by molar-refractivity contribution is 1.41. The lowest BCUT2D eigenvalue weighted by Gasteiger charge is -1.98. The topological polar surface area (TPSA) is 28.7 Å². The van der Waals surface area contributed by atoms with Crippen LogP contribution in [-0.4, -0.2) is 9.97 Å². The molecule has 0 aliphatic carbocycles. The fourth-order valence-electron chi connectivity index (χ4n) is 2.41. The van der Waals surface area contributed by atoms with Gasteiger partial charge in [-0.2, -0.15) is 0 Å². The highest BCUT2D eigenvalue weighted by Crippen LogP contribution is 2.33. The first-order chi connectivity index (χ1) is 8.93. The summed E-state index contributed by atoms with van der Waals surface area (Å²) in [4.78, 5) is 7.91. The van der Waals surface area contributed by atoms with Gasteiger partial charge in [0.25, 0.3) is 0 Å². The summed E-state index contributed by atoms with van der Waals surface area (Å²) in [7, 11) is 0. The molecule has 0 amide bonds. The van der Waals surface area contributed by atoms with Crippen molar-refractivity contribution in [3.8, 4) is 10.6 Å². The molecule has 0 saturated heterocycles. The van der Waals surface area contributed by atoms with Crippen molar-refractivity contribution in [2.45, 2.75) is 0 Å². The van der Waals surface area contributed by atoms with Gasteiger partial charge in [0.15, 0.2) is 0 Å². The molecule has 3 heteroatoms. The van der Waals surface area contributed by atoms with Crippen LogP contribution >= 0.6 is 11.3 Å². The number of aromatic amines is 1. The van der Waals surface area contributed by atoms with Crippen LogP contribution in [0, 0.1) is 0 Å². The van der Waals surface area contributed by atoms with E-state index in [0.717, 1.165) is 5.01 Å². The summed E-state index contributed by atoms with van der Waals surface area (Å²) in [5.41, 5.74) is 3.53. The lowest BCUT2D eigenvalue weighted by Crippen LogP contribution is -1.78. The number of H-pyrrole nitrogens is 1. The molecule has 2 aromatic carbocycles. The Kier molecular flexibility index (Phi) is 2.02. The third kappa shape index (κ3) is 1.31. The molecule has 0 aliphatic rings. The number of benzene rings is 2. The van der Waals surface area contributed by atoms with Crippen molar-refractivity contribution in [3.05, 3.63) is 54.0 Å². The van der Waals surface area contributed by atoms with Gasteiger partial charge in [0.2, 0.25) is 0 Å². The Morgan fingerprint density at radius 2 is 1.83 bits per heavy atom. The molecule has 0 bridgehead atoms. The molecule has 0 aliphatic heterocycles. The van der Waals surface area contributed by atoms with Crippen molar-refractivity contribution in [2.75, 3.05) is 0 Å². The minimum atomic E-state index is 1.06. The zero-order valence-electron chi connectivity index (χ0n) is 9.55. The Balaban J connectivity index is 2.17. The van der Waals surface area contributed by atoms with E-state index in [9.17, 15) is 0 Å². The SMILES string of the molecule is c1ccc2c(c1)[nH]c1c(-c3nccs3)cccc12. The van der Waals surface area contributed by atoms with Gasteiger partial charge in [0.05, 0.1) is 5.52 Å². The van der Waals surface area contributed by atoms with Crippen molar-refractivity contribution in [1.29, 1.82) is 0 Å². The van der Waals surface area contributed by atoms with Gasteiger partial charge in [-0.3, -0.25) is 0 Å². The molecule has 0 spiro atoms. The second kappa shape index (κ2) is 3.68. The summed E-state index contributed by atoms with van der Waals surface area (Å²) < 4.78 is 0. The van der Waals surface area contributed by atoms with Crippen LogP contribution < -0.4 is 0 Å². The van der Waals surface area contributed by atoms with Crippen LogP contribution in [0.3, 0.4) is 0 Å². The normalized spacial score (nSPS) is 11.3. The highest BCUT2D eigenvalue weighted by Gasteiger charge is 2.10. The van der Waals surface area contributed by atoms with Gasteiger partial charge in [-0.25, -0.2) is 4.98 Å². The maximum absolute atomic E-state index is 4.41. The van der Waals surface area contributed by atoms with Crippen LogP contribution in [0.4, 0.5) is 0 Å². The maximum Gasteiger partial charge on any atom is 0.125 e. The van der Waals surface area contributed by atoms with Crippen molar-refractivity contribution in [2.24, 2.45) is 0 Å². The third-order valence-electron chi connectivity index (χ3n) is 3.20. The van der Waals surface area contributed by atoms with Gasteiger partial charge in [0.1, 0.15) is 5.01 Å². The lowest BCUT2D eigenvalue weighted by atomic mass is 10.1. The van der Waals surface area contributed by atoms with Crippen molar-refractivity contribution >= 4 is 33.1 Å². The van der Waals surface area contributed by atoms with Gasteiger partial charge in [-0.1, -0.05) is 30.3 Å². The largest absolute Gasteiger partial charge is 0.354 e. The summed E-state index contributed by atoms with van der Waals surface area (Å²) in [6, 6.07) is 14.8. The van der Waals surface area contributed by atoms with Gasteiger partial charge in [-0.05, 0) is 12.1 Å². The first-order valence-corrected chi connectivity index (χ1v) is 6.71. The molecular weight excluding hydrogens is 240 g/mol. The summed E-state index contributed by atoms with van der Waals surface area (Å²) in [6.45, 7) is 0.